The first kappa shape index (κ1) is 19.1. The van der Waals surface area contributed by atoms with E-state index in [2.05, 4.69) is 21.1 Å². The smallest absolute Gasteiger partial charge is 0.231 e. The summed E-state index contributed by atoms with van der Waals surface area (Å²) < 4.78 is 7.27. The first-order valence-corrected chi connectivity index (χ1v) is 10.2. The Bertz CT molecular complexity index is 1190. The van der Waals surface area contributed by atoms with Crippen LogP contribution in [-0.2, 0) is 11.2 Å². The molecule has 0 unspecified atom stereocenters. The van der Waals surface area contributed by atoms with Crippen LogP contribution < -0.4 is 5.32 Å². The van der Waals surface area contributed by atoms with E-state index < -0.39 is 0 Å². The second kappa shape index (κ2) is 7.67. The largest absolute Gasteiger partial charge is 0.360 e. The highest BCUT2D eigenvalue weighted by Crippen LogP contribution is 2.30. The number of nitrogens with one attached hydrogen (secondary N) is 1. The Labute approximate surface area is 173 Å². The molecular formula is C22H22N4O2S. The van der Waals surface area contributed by atoms with Crippen molar-refractivity contribution in [2.75, 3.05) is 5.32 Å². The van der Waals surface area contributed by atoms with Gasteiger partial charge in [-0.1, -0.05) is 17.3 Å². The van der Waals surface area contributed by atoms with Crippen LogP contribution in [0.25, 0.3) is 17.1 Å². The predicted octanol–water partition coefficient (Wildman–Crippen LogP) is 5.00. The summed E-state index contributed by atoms with van der Waals surface area (Å²) in [6.45, 7) is 7.94. The van der Waals surface area contributed by atoms with Gasteiger partial charge in [-0.05, 0) is 51.5 Å². The van der Waals surface area contributed by atoms with Crippen molar-refractivity contribution in [1.29, 1.82) is 0 Å². The highest BCUT2D eigenvalue weighted by molar-refractivity contribution is 7.10. The lowest BCUT2D eigenvalue weighted by atomic mass is 10.2. The van der Waals surface area contributed by atoms with Gasteiger partial charge in [0.2, 0.25) is 5.91 Å². The maximum atomic E-state index is 12.4. The minimum Gasteiger partial charge on any atom is -0.360 e. The standard InChI is InChI=1S/C22H22N4O2S/c1-13-6-5-7-17(8-13)23-21(27)11-22-24-19(12-29-22)18-9-14(2)26(16(18)4)20-10-15(3)28-25-20/h5-10,12H,11H2,1-4H3,(H,23,27). The van der Waals surface area contributed by atoms with E-state index in [0.29, 0.717) is 0 Å². The molecule has 3 heterocycles. The molecule has 148 valence electrons. The first-order chi connectivity index (χ1) is 13.9. The van der Waals surface area contributed by atoms with Crippen LogP contribution in [0.2, 0.25) is 0 Å². The van der Waals surface area contributed by atoms with Crippen LogP contribution in [0.5, 0.6) is 0 Å². The highest BCUT2D eigenvalue weighted by atomic mass is 32.1. The third kappa shape index (κ3) is 4.00. The second-order valence-corrected chi connectivity index (χ2v) is 8.08. The molecule has 0 bridgehead atoms. The Hall–Kier alpha value is -3.19. The van der Waals surface area contributed by atoms with Crippen LogP contribution in [0.1, 0.15) is 27.7 Å². The molecule has 0 atom stereocenters. The van der Waals surface area contributed by atoms with E-state index in [1.165, 1.54) is 11.3 Å². The first-order valence-electron chi connectivity index (χ1n) is 9.34. The number of benzene rings is 1. The molecule has 0 fully saturated rings. The summed E-state index contributed by atoms with van der Waals surface area (Å²) in [7, 11) is 0. The molecule has 7 heteroatoms. The lowest BCUT2D eigenvalue weighted by Crippen LogP contribution is -2.14. The van der Waals surface area contributed by atoms with E-state index in [4.69, 9.17) is 9.51 Å². The molecule has 0 aliphatic rings. The summed E-state index contributed by atoms with van der Waals surface area (Å²) in [6.07, 6.45) is 0.250. The maximum absolute atomic E-state index is 12.4. The zero-order valence-corrected chi connectivity index (χ0v) is 17.6. The summed E-state index contributed by atoms with van der Waals surface area (Å²) in [4.78, 5) is 17.1. The molecule has 1 amide bonds. The van der Waals surface area contributed by atoms with Crippen molar-refractivity contribution in [3.05, 3.63) is 69.5 Å². The van der Waals surface area contributed by atoms with Crippen molar-refractivity contribution < 1.29 is 9.32 Å². The average Bonchev–Trinajstić information content (AvgIpc) is 3.35. The van der Waals surface area contributed by atoms with Gasteiger partial charge < -0.3 is 9.84 Å². The molecule has 0 spiro atoms. The third-order valence-corrected chi connectivity index (χ3v) is 5.57. The Balaban J connectivity index is 1.53. The normalized spacial score (nSPS) is 11.0. The second-order valence-electron chi connectivity index (χ2n) is 7.14. The van der Waals surface area contributed by atoms with Gasteiger partial charge in [-0.3, -0.25) is 9.36 Å². The summed E-state index contributed by atoms with van der Waals surface area (Å²) in [5, 5.41) is 9.84. The van der Waals surface area contributed by atoms with Crippen LogP contribution in [-0.4, -0.2) is 20.6 Å². The number of aryl methyl sites for hydroxylation is 3. The molecule has 0 aliphatic heterocycles. The molecule has 29 heavy (non-hydrogen) atoms. The summed E-state index contributed by atoms with van der Waals surface area (Å²) >= 11 is 1.49. The Morgan fingerprint density at radius 2 is 2.00 bits per heavy atom. The number of nitrogens with zero attached hydrogens (tertiary/aromatic N) is 3. The van der Waals surface area contributed by atoms with E-state index in [1.807, 2.05) is 63.4 Å². The lowest BCUT2D eigenvalue weighted by molar-refractivity contribution is -0.115. The van der Waals surface area contributed by atoms with Crippen molar-refractivity contribution in [3.8, 4) is 17.1 Å². The van der Waals surface area contributed by atoms with Crippen molar-refractivity contribution in [2.24, 2.45) is 0 Å². The molecule has 0 saturated carbocycles. The zero-order valence-electron chi connectivity index (χ0n) is 16.8. The molecular weight excluding hydrogens is 384 g/mol. The van der Waals surface area contributed by atoms with Gasteiger partial charge in [-0.2, -0.15) is 0 Å². The minimum absolute atomic E-state index is 0.0694. The van der Waals surface area contributed by atoms with E-state index in [0.717, 1.165) is 50.5 Å². The minimum atomic E-state index is -0.0694. The number of anilines is 1. The number of aromatic nitrogens is 3. The van der Waals surface area contributed by atoms with E-state index in [1.54, 1.807) is 0 Å². The SMILES string of the molecule is Cc1cccc(NC(=O)Cc2nc(-c3cc(C)n(-c4cc(C)on4)c3C)cs2)c1. The van der Waals surface area contributed by atoms with E-state index in [-0.39, 0.29) is 12.3 Å². The number of rotatable bonds is 5. The Kier molecular flexibility index (Phi) is 5.07. The van der Waals surface area contributed by atoms with Gasteiger partial charge >= 0.3 is 0 Å². The fourth-order valence-electron chi connectivity index (χ4n) is 3.41. The Morgan fingerprint density at radius 1 is 1.17 bits per heavy atom. The molecule has 6 nitrogen and oxygen atoms in total. The van der Waals surface area contributed by atoms with Crippen LogP contribution in [0.3, 0.4) is 0 Å². The Morgan fingerprint density at radius 3 is 2.72 bits per heavy atom. The fourth-order valence-corrected chi connectivity index (χ4v) is 4.21. The van der Waals surface area contributed by atoms with Crippen LogP contribution in [0.15, 0.2) is 46.3 Å². The van der Waals surface area contributed by atoms with Crippen LogP contribution >= 0.6 is 11.3 Å². The summed E-state index contributed by atoms with van der Waals surface area (Å²) in [5.41, 5.74) is 5.90. The summed E-state index contributed by atoms with van der Waals surface area (Å²) in [5.74, 6) is 1.46. The average molecular weight is 407 g/mol. The van der Waals surface area contributed by atoms with Crippen molar-refractivity contribution >= 4 is 22.9 Å². The number of hydrogen-bond donors (Lipinski definition) is 1. The number of amides is 1. The third-order valence-electron chi connectivity index (χ3n) is 4.72. The van der Waals surface area contributed by atoms with E-state index >= 15 is 0 Å². The number of carbonyl (C=O) groups excluding carboxylic acids is 1. The molecule has 1 aromatic carbocycles. The molecule has 0 radical (unpaired) electrons. The number of hydrogen-bond acceptors (Lipinski definition) is 5. The van der Waals surface area contributed by atoms with Gasteiger partial charge in [-0.15, -0.1) is 11.3 Å². The van der Waals surface area contributed by atoms with Gasteiger partial charge in [-0.25, -0.2) is 4.98 Å². The number of thiazole rings is 1. The fraction of sp³-hybridized carbons (Fsp3) is 0.227. The van der Waals surface area contributed by atoms with Gasteiger partial charge in [0, 0.05) is 34.1 Å². The van der Waals surface area contributed by atoms with E-state index in [9.17, 15) is 4.79 Å². The molecule has 0 saturated heterocycles. The molecule has 3 aromatic heterocycles. The number of carbonyl (C=O) groups is 1. The maximum Gasteiger partial charge on any atom is 0.231 e. The van der Waals surface area contributed by atoms with Crippen molar-refractivity contribution in [3.63, 3.8) is 0 Å². The molecule has 4 rings (SSSR count). The molecule has 4 aromatic rings. The van der Waals surface area contributed by atoms with Crippen LogP contribution in [0.4, 0.5) is 5.69 Å². The lowest BCUT2D eigenvalue weighted by Gasteiger charge is -2.05. The predicted molar refractivity (Wildman–Crippen MR) is 115 cm³/mol. The topological polar surface area (TPSA) is 73.0 Å². The van der Waals surface area contributed by atoms with Gasteiger partial charge in [0.05, 0.1) is 12.1 Å². The van der Waals surface area contributed by atoms with Crippen LogP contribution in [0, 0.1) is 27.7 Å². The highest BCUT2D eigenvalue weighted by Gasteiger charge is 2.17. The molecule has 1 N–H and O–H groups in total. The quantitative estimate of drug-likeness (QED) is 0.506. The van der Waals surface area contributed by atoms with Crippen molar-refractivity contribution in [1.82, 2.24) is 14.7 Å². The zero-order chi connectivity index (χ0) is 20.5. The van der Waals surface area contributed by atoms with Gasteiger partial charge in [0.1, 0.15) is 10.8 Å². The van der Waals surface area contributed by atoms with Gasteiger partial charge in [0.15, 0.2) is 5.82 Å². The summed E-state index contributed by atoms with van der Waals surface area (Å²) in [6, 6.07) is 11.8. The van der Waals surface area contributed by atoms with Crippen molar-refractivity contribution in [2.45, 2.75) is 34.1 Å². The monoisotopic (exact) mass is 406 g/mol. The van der Waals surface area contributed by atoms with Gasteiger partial charge in [0.25, 0.3) is 0 Å². The molecule has 0 aliphatic carbocycles.